The van der Waals surface area contributed by atoms with E-state index >= 15 is 0 Å². The van der Waals surface area contributed by atoms with E-state index in [2.05, 4.69) is 31.2 Å². The Kier molecular flexibility index (Phi) is 5.16. The normalized spacial score (nSPS) is 17.3. The summed E-state index contributed by atoms with van der Waals surface area (Å²) in [6.07, 6.45) is 4.81. The van der Waals surface area contributed by atoms with Crippen LogP contribution in [0.3, 0.4) is 0 Å². The second kappa shape index (κ2) is 7.18. The molecule has 1 saturated heterocycles. The van der Waals surface area contributed by atoms with Crippen LogP contribution in [0.25, 0.3) is 5.69 Å². The van der Waals surface area contributed by atoms with Crippen molar-refractivity contribution < 1.29 is 4.79 Å². The zero-order chi connectivity index (χ0) is 16.7. The third-order valence-corrected chi connectivity index (χ3v) is 5.24. The summed E-state index contributed by atoms with van der Waals surface area (Å²) >= 11 is 0. The van der Waals surface area contributed by atoms with E-state index in [1.807, 2.05) is 9.58 Å². The topological polar surface area (TPSA) is 64.2 Å². The number of aromatic nitrogens is 2. The highest BCUT2D eigenvalue weighted by atomic mass is 35.5. The third kappa shape index (κ3) is 3.31. The van der Waals surface area contributed by atoms with E-state index in [1.54, 1.807) is 0 Å². The minimum atomic E-state index is 0. The summed E-state index contributed by atoms with van der Waals surface area (Å²) in [4.78, 5) is 14.9. The average molecular weight is 361 g/mol. The number of fused-ring (bicyclic) bond motifs is 1. The van der Waals surface area contributed by atoms with E-state index in [0.717, 1.165) is 56.4 Å². The Bertz CT molecular complexity index is 760. The number of amides is 1. The van der Waals surface area contributed by atoms with Gasteiger partial charge in [0.15, 0.2) is 5.69 Å². The first-order valence-electron chi connectivity index (χ1n) is 8.86. The molecule has 0 saturated carbocycles. The van der Waals surface area contributed by atoms with Gasteiger partial charge in [0.05, 0.1) is 5.69 Å². The number of halogens is 1. The van der Waals surface area contributed by atoms with Gasteiger partial charge in [0.2, 0.25) is 0 Å². The Hall–Kier alpha value is -1.85. The Labute approximate surface area is 154 Å². The van der Waals surface area contributed by atoms with Crippen molar-refractivity contribution in [3.63, 3.8) is 0 Å². The van der Waals surface area contributed by atoms with Crippen molar-refractivity contribution in [2.75, 3.05) is 13.1 Å². The van der Waals surface area contributed by atoms with Gasteiger partial charge in [-0.3, -0.25) is 4.79 Å². The first kappa shape index (κ1) is 18.0. The van der Waals surface area contributed by atoms with Crippen molar-refractivity contribution in [3.8, 4) is 5.69 Å². The molecule has 4 rings (SSSR count). The van der Waals surface area contributed by atoms with Gasteiger partial charge >= 0.3 is 0 Å². The van der Waals surface area contributed by atoms with Crippen LogP contribution < -0.4 is 5.73 Å². The maximum atomic E-state index is 13.0. The fraction of sp³-hybridized carbons (Fsp3) is 0.474. The third-order valence-electron chi connectivity index (χ3n) is 5.24. The van der Waals surface area contributed by atoms with Gasteiger partial charge in [0, 0.05) is 30.4 Å². The van der Waals surface area contributed by atoms with Gasteiger partial charge in [-0.15, -0.1) is 12.4 Å². The van der Waals surface area contributed by atoms with Crippen LogP contribution in [0.2, 0.25) is 0 Å². The molecule has 5 nitrogen and oxygen atoms in total. The van der Waals surface area contributed by atoms with Crippen LogP contribution in [0, 0.1) is 6.92 Å². The lowest BCUT2D eigenvalue weighted by atomic mass is 10.1. The second-order valence-electron chi connectivity index (χ2n) is 7.00. The summed E-state index contributed by atoms with van der Waals surface area (Å²) in [5.41, 5.74) is 11.2. The monoisotopic (exact) mass is 360 g/mol. The Balaban J connectivity index is 0.00000182. The maximum absolute atomic E-state index is 13.0. The van der Waals surface area contributed by atoms with Crippen LogP contribution in [-0.4, -0.2) is 39.7 Å². The summed E-state index contributed by atoms with van der Waals surface area (Å²) in [6, 6.07) is 8.56. The molecule has 0 unspecified atom stereocenters. The van der Waals surface area contributed by atoms with E-state index in [1.165, 1.54) is 11.3 Å². The molecule has 1 fully saturated rings. The molecular formula is C19H25ClN4O. The Morgan fingerprint density at radius 3 is 2.52 bits per heavy atom. The fourth-order valence-electron chi connectivity index (χ4n) is 3.76. The molecule has 0 atom stereocenters. The quantitative estimate of drug-likeness (QED) is 0.895. The molecule has 134 valence electrons. The molecule has 1 aromatic carbocycles. The number of piperidine rings is 1. The molecule has 1 aliphatic carbocycles. The van der Waals surface area contributed by atoms with Crippen molar-refractivity contribution in [2.45, 2.75) is 45.1 Å². The van der Waals surface area contributed by atoms with Crippen LogP contribution in [0.5, 0.6) is 0 Å². The van der Waals surface area contributed by atoms with E-state index in [9.17, 15) is 4.79 Å². The SMILES string of the molecule is Cc1ccc(-n2nc(C(=O)N3CCC(N)CC3)c3c2CCC3)cc1.Cl. The van der Waals surface area contributed by atoms with E-state index in [0.29, 0.717) is 5.69 Å². The van der Waals surface area contributed by atoms with Crippen LogP contribution >= 0.6 is 12.4 Å². The summed E-state index contributed by atoms with van der Waals surface area (Å²) < 4.78 is 1.98. The number of carbonyl (C=O) groups excluding carboxylic acids is 1. The molecule has 1 aliphatic heterocycles. The Morgan fingerprint density at radius 2 is 1.84 bits per heavy atom. The molecule has 2 aromatic rings. The summed E-state index contributed by atoms with van der Waals surface area (Å²) in [5.74, 6) is 0.0749. The molecule has 1 aromatic heterocycles. The second-order valence-corrected chi connectivity index (χ2v) is 7.00. The smallest absolute Gasteiger partial charge is 0.274 e. The zero-order valence-corrected chi connectivity index (χ0v) is 15.4. The number of hydrogen-bond donors (Lipinski definition) is 1. The fourth-order valence-corrected chi connectivity index (χ4v) is 3.76. The Morgan fingerprint density at radius 1 is 1.16 bits per heavy atom. The molecule has 2 N–H and O–H groups in total. The predicted octanol–water partition coefficient (Wildman–Crippen LogP) is 2.65. The molecule has 2 aliphatic rings. The van der Waals surface area contributed by atoms with Crippen LogP contribution in [0.4, 0.5) is 0 Å². The summed E-state index contributed by atoms with van der Waals surface area (Å²) in [7, 11) is 0. The van der Waals surface area contributed by atoms with Gasteiger partial charge in [0.25, 0.3) is 5.91 Å². The maximum Gasteiger partial charge on any atom is 0.274 e. The predicted molar refractivity (Wildman–Crippen MR) is 101 cm³/mol. The van der Waals surface area contributed by atoms with Crippen LogP contribution in [-0.2, 0) is 12.8 Å². The lowest BCUT2D eigenvalue weighted by molar-refractivity contribution is 0.0707. The lowest BCUT2D eigenvalue weighted by Crippen LogP contribution is -2.43. The minimum absolute atomic E-state index is 0. The standard InChI is InChI=1S/C19H24N4O.ClH/c1-13-5-7-15(8-6-13)23-17-4-2-3-16(17)18(21-23)19(24)22-11-9-14(20)10-12-22;/h5-8,14H,2-4,9-12,20H2,1H3;1H. The van der Waals surface area contributed by atoms with Gasteiger partial charge < -0.3 is 10.6 Å². The molecular weight excluding hydrogens is 336 g/mol. The summed E-state index contributed by atoms with van der Waals surface area (Å²) in [5, 5.41) is 4.72. The van der Waals surface area contributed by atoms with Gasteiger partial charge in [0.1, 0.15) is 0 Å². The van der Waals surface area contributed by atoms with Gasteiger partial charge in [-0.2, -0.15) is 5.10 Å². The summed E-state index contributed by atoms with van der Waals surface area (Å²) in [6.45, 7) is 3.56. The van der Waals surface area contributed by atoms with Crippen molar-refractivity contribution in [1.82, 2.24) is 14.7 Å². The molecule has 0 radical (unpaired) electrons. The molecule has 6 heteroatoms. The van der Waals surface area contributed by atoms with Gasteiger partial charge in [-0.05, 0) is 51.2 Å². The lowest BCUT2D eigenvalue weighted by Gasteiger charge is -2.29. The number of nitrogens with zero attached hydrogens (tertiary/aromatic N) is 3. The first-order valence-corrected chi connectivity index (χ1v) is 8.86. The molecule has 25 heavy (non-hydrogen) atoms. The van der Waals surface area contributed by atoms with E-state index < -0.39 is 0 Å². The minimum Gasteiger partial charge on any atom is -0.337 e. The van der Waals surface area contributed by atoms with Gasteiger partial charge in [-0.25, -0.2) is 4.68 Å². The van der Waals surface area contributed by atoms with Crippen LogP contribution in [0.1, 0.15) is 46.6 Å². The van der Waals surface area contributed by atoms with E-state index in [-0.39, 0.29) is 24.4 Å². The van der Waals surface area contributed by atoms with Crippen molar-refractivity contribution in [3.05, 3.63) is 46.8 Å². The molecule has 2 heterocycles. The number of carbonyl (C=O) groups is 1. The van der Waals surface area contributed by atoms with Crippen molar-refractivity contribution in [1.29, 1.82) is 0 Å². The average Bonchev–Trinajstić information content (AvgIpc) is 3.18. The van der Waals surface area contributed by atoms with Crippen molar-refractivity contribution >= 4 is 18.3 Å². The number of nitrogens with two attached hydrogens (primary N) is 1. The highest BCUT2D eigenvalue weighted by molar-refractivity contribution is 5.94. The molecule has 1 amide bonds. The number of rotatable bonds is 2. The number of likely N-dealkylation sites (tertiary alicyclic amines) is 1. The molecule has 0 spiro atoms. The number of benzene rings is 1. The first-order chi connectivity index (χ1) is 11.6. The van der Waals surface area contributed by atoms with Crippen molar-refractivity contribution in [2.24, 2.45) is 5.73 Å². The van der Waals surface area contributed by atoms with Gasteiger partial charge in [-0.1, -0.05) is 17.7 Å². The zero-order valence-electron chi connectivity index (χ0n) is 14.6. The largest absolute Gasteiger partial charge is 0.337 e. The number of aryl methyl sites for hydroxylation is 1. The molecule has 0 bridgehead atoms. The van der Waals surface area contributed by atoms with E-state index in [4.69, 9.17) is 10.8 Å². The highest BCUT2D eigenvalue weighted by Gasteiger charge is 2.30. The van der Waals surface area contributed by atoms with Crippen LogP contribution in [0.15, 0.2) is 24.3 Å². The number of hydrogen-bond acceptors (Lipinski definition) is 3. The highest BCUT2D eigenvalue weighted by Crippen LogP contribution is 2.29.